The SMILES string of the molecule is CC(=O)N/C(=C\c1ccccc1)C(=O)OC(C)C(=O)c1ccc2c(c1)CCC2. The Hall–Kier alpha value is -3.21. The summed E-state index contributed by atoms with van der Waals surface area (Å²) in [6.07, 6.45) is 3.67. The molecule has 28 heavy (non-hydrogen) atoms. The first kappa shape index (κ1) is 19.5. The first-order chi connectivity index (χ1) is 13.4. The van der Waals surface area contributed by atoms with E-state index in [4.69, 9.17) is 4.74 Å². The van der Waals surface area contributed by atoms with Crippen molar-refractivity contribution in [2.24, 2.45) is 0 Å². The van der Waals surface area contributed by atoms with Gasteiger partial charge in [0.2, 0.25) is 11.7 Å². The van der Waals surface area contributed by atoms with Gasteiger partial charge in [-0.15, -0.1) is 0 Å². The third-order valence-corrected chi connectivity index (χ3v) is 4.68. The van der Waals surface area contributed by atoms with Gasteiger partial charge in [-0.2, -0.15) is 0 Å². The number of ether oxygens (including phenoxy) is 1. The molecular weight excluding hydrogens is 354 g/mol. The molecule has 1 aliphatic rings. The summed E-state index contributed by atoms with van der Waals surface area (Å²) < 4.78 is 5.35. The molecule has 0 spiro atoms. The normalized spacial score (nSPS) is 14.1. The number of hydrogen-bond donors (Lipinski definition) is 1. The zero-order valence-electron chi connectivity index (χ0n) is 16.0. The lowest BCUT2D eigenvalue weighted by Crippen LogP contribution is -2.31. The minimum Gasteiger partial charge on any atom is -0.450 e. The number of benzene rings is 2. The summed E-state index contributed by atoms with van der Waals surface area (Å²) in [6, 6.07) is 14.7. The molecule has 0 bridgehead atoms. The van der Waals surface area contributed by atoms with Crippen molar-refractivity contribution in [1.29, 1.82) is 0 Å². The van der Waals surface area contributed by atoms with Crippen LogP contribution in [0.4, 0.5) is 0 Å². The summed E-state index contributed by atoms with van der Waals surface area (Å²) in [6.45, 7) is 2.85. The highest BCUT2D eigenvalue weighted by Gasteiger charge is 2.23. The Kier molecular flexibility index (Phi) is 6.04. The highest BCUT2D eigenvalue weighted by molar-refractivity contribution is 6.03. The summed E-state index contributed by atoms with van der Waals surface area (Å²) in [4.78, 5) is 36.7. The largest absolute Gasteiger partial charge is 0.450 e. The van der Waals surface area contributed by atoms with E-state index in [0.29, 0.717) is 5.56 Å². The number of carbonyl (C=O) groups excluding carboxylic acids is 3. The number of hydrogen-bond acceptors (Lipinski definition) is 4. The van der Waals surface area contributed by atoms with E-state index in [9.17, 15) is 14.4 Å². The van der Waals surface area contributed by atoms with E-state index in [0.717, 1.165) is 24.8 Å². The van der Waals surface area contributed by atoms with Gasteiger partial charge in [0.15, 0.2) is 6.10 Å². The van der Waals surface area contributed by atoms with E-state index in [1.807, 2.05) is 30.3 Å². The average molecular weight is 377 g/mol. The number of fused-ring (bicyclic) bond motifs is 1. The van der Waals surface area contributed by atoms with Gasteiger partial charge in [0.05, 0.1) is 0 Å². The number of carbonyl (C=O) groups is 3. The number of nitrogens with one attached hydrogen (secondary N) is 1. The minimum absolute atomic E-state index is 0.00713. The summed E-state index contributed by atoms with van der Waals surface area (Å²) in [5.74, 6) is -1.40. The molecular formula is C23H23NO4. The Morgan fingerprint density at radius 3 is 2.46 bits per heavy atom. The maximum Gasteiger partial charge on any atom is 0.355 e. The average Bonchev–Trinajstić information content (AvgIpc) is 3.15. The Morgan fingerprint density at radius 1 is 1.04 bits per heavy atom. The first-order valence-corrected chi connectivity index (χ1v) is 9.35. The van der Waals surface area contributed by atoms with Gasteiger partial charge in [-0.3, -0.25) is 9.59 Å². The van der Waals surface area contributed by atoms with E-state index < -0.39 is 18.0 Å². The van der Waals surface area contributed by atoms with Crippen molar-refractivity contribution in [3.05, 3.63) is 76.5 Å². The summed E-state index contributed by atoms with van der Waals surface area (Å²) in [5.41, 5.74) is 3.73. The van der Waals surface area contributed by atoms with Crippen LogP contribution in [0.3, 0.4) is 0 Å². The monoisotopic (exact) mass is 377 g/mol. The van der Waals surface area contributed by atoms with E-state index in [1.54, 1.807) is 25.1 Å². The maximum absolute atomic E-state index is 12.7. The zero-order chi connectivity index (χ0) is 20.1. The standard InChI is InChI=1S/C23H23NO4/c1-15(22(26)20-12-11-18-9-6-10-19(18)14-20)28-23(27)21(24-16(2)25)13-17-7-4-3-5-8-17/h3-5,7-8,11-15H,6,9-10H2,1-2H3,(H,24,25)/b21-13-. The predicted molar refractivity (Wildman–Crippen MR) is 107 cm³/mol. The van der Waals surface area contributed by atoms with Crippen LogP contribution in [0.5, 0.6) is 0 Å². The van der Waals surface area contributed by atoms with Crippen molar-refractivity contribution in [2.45, 2.75) is 39.2 Å². The Balaban J connectivity index is 1.74. The van der Waals surface area contributed by atoms with Crippen molar-refractivity contribution in [1.82, 2.24) is 5.32 Å². The number of amides is 1. The van der Waals surface area contributed by atoms with Crippen LogP contribution in [0.1, 0.15) is 47.3 Å². The molecule has 0 radical (unpaired) electrons. The number of esters is 1. The molecule has 2 aromatic carbocycles. The molecule has 0 aliphatic heterocycles. The van der Waals surface area contributed by atoms with Crippen LogP contribution in [-0.4, -0.2) is 23.8 Å². The zero-order valence-corrected chi connectivity index (χ0v) is 16.0. The molecule has 5 nitrogen and oxygen atoms in total. The molecule has 3 rings (SSSR count). The molecule has 0 aromatic heterocycles. The Bertz CT molecular complexity index is 931. The maximum atomic E-state index is 12.7. The summed E-state index contributed by atoms with van der Waals surface area (Å²) in [7, 11) is 0. The van der Waals surface area contributed by atoms with Crippen molar-refractivity contribution < 1.29 is 19.1 Å². The van der Waals surface area contributed by atoms with Crippen LogP contribution in [-0.2, 0) is 27.2 Å². The second kappa shape index (κ2) is 8.65. The van der Waals surface area contributed by atoms with Gasteiger partial charge in [0.25, 0.3) is 0 Å². The van der Waals surface area contributed by atoms with Gasteiger partial charge < -0.3 is 10.1 Å². The quantitative estimate of drug-likeness (QED) is 0.475. The second-order valence-corrected chi connectivity index (χ2v) is 6.90. The van der Waals surface area contributed by atoms with E-state index in [-0.39, 0.29) is 11.5 Å². The molecule has 2 aromatic rings. The topological polar surface area (TPSA) is 72.5 Å². The predicted octanol–water partition coefficient (Wildman–Crippen LogP) is 3.47. The van der Waals surface area contributed by atoms with Gasteiger partial charge in [0.1, 0.15) is 5.70 Å². The molecule has 1 aliphatic carbocycles. The van der Waals surface area contributed by atoms with Crippen molar-refractivity contribution >= 4 is 23.7 Å². The van der Waals surface area contributed by atoms with E-state index in [2.05, 4.69) is 5.32 Å². The van der Waals surface area contributed by atoms with Crippen LogP contribution < -0.4 is 5.32 Å². The Morgan fingerprint density at radius 2 is 1.75 bits per heavy atom. The molecule has 144 valence electrons. The molecule has 0 saturated heterocycles. The van der Waals surface area contributed by atoms with Crippen LogP contribution >= 0.6 is 0 Å². The molecule has 5 heteroatoms. The van der Waals surface area contributed by atoms with Crippen LogP contribution in [0.2, 0.25) is 0 Å². The van der Waals surface area contributed by atoms with Crippen LogP contribution in [0, 0.1) is 0 Å². The second-order valence-electron chi connectivity index (χ2n) is 6.90. The van der Waals surface area contributed by atoms with E-state index in [1.165, 1.54) is 24.1 Å². The number of rotatable bonds is 6. The molecule has 1 atom stereocenters. The highest BCUT2D eigenvalue weighted by atomic mass is 16.5. The fourth-order valence-electron chi connectivity index (χ4n) is 3.29. The third-order valence-electron chi connectivity index (χ3n) is 4.68. The van der Waals surface area contributed by atoms with Crippen LogP contribution in [0.15, 0.2) is 54.2 Å². The summed E-state index contributed by atoms with van der Waals surface area (Å²) >= 11 is 0. The lowest BCUT2D eigenvalue weighted by atomic mass is 10.0. The van der Waals surface area contributed by atoms with Gasteiger partial charge >= 0.3 is 5.97 Å². The summed E-state index contributed by atoms with van der Waals surface area (Å²) in [5, 5.41) is 2.48. The van der Waals surface area contributed by atoms with Gasteiger partial charge in [-0.05, 0) is 55.0 Å². The van der Waals surface area contributed by atoms with Crippen LogP contribution in [0.25, 0.3) is 6.08 Å². The minimum atomic E-state index is -0.958. The molecule has 1 unspecified atom stereocenters. The van der Waals surface area contributed by atoms with Gasteiger partial charge in [-0.1, -0.05) is 42.5 Å². The molecule has 0 heterocycles. The fraction of sp³-hybridized carbons (Fsp3) is 0.261. The highest BCUT2D eigenvalue weighted by Crippen LogP contribution is 2.23. The fourth-order valence-corrected chi connectivity index (χ4v) is 3.29. The number of ketones is 1. The number of Topliss-reactive ketones (excluding diaryl/α,β-unsaturated/α-hetero) is 1. The van der Waals surface area contributed by atoms with Crippen molar-refractivity contribution in [3.8, 4) is 0 Å². The molecule has 1 amide bonds. The lowest BCUT2D eigenvalue weighted by molar-refractivity contribution is -0.142. The first-order valence-electron chi connectivity index (χ1n) is 9.35. The third kappa shape index (κ3) is 4.74. The van der Waals surface area contributed by atoms with Crippen molar-refractivity contribution in [2.75, 3.05) is 0 Å². The van der Waals surface area contributed by atoms with Gasteiger partial charge in [0, 0.05) is 12.5 Å². The van der Waals surface area contributed by atoms with Gasteiger partial charge in [-0.25, -0.2) is 4.79 Å². The molecule has 0 saturated carbocycles. The number of aryl methyl sites for hydroxylation is 2. The van der Waals surface area contributed by atoms with Crippen molar-refractivity contribution in [3.63, 3.8) is 0 Å². The Labute approximate surface area is 164 Å². The van der Waals surface area contributed by atoms with E-state index >= 15 is 0 Å². The lowest BCUT2D eigenvalue weighted by Gasteiger charge is -2.15. The smallest absolute Gasteiger partial charge is 0.355 e. The molecule has 1 N–H and O–H groups in total. The molecule has 0 fully saturated rings.